The van der Waals surface area contributed by atoms with Crippen LogP contribution in [0.15, 0.2) is 113 Å². The highest BCUT2D eigenvalue weighted by Crippen LogP contribution is 2.51. The Hall–Kier alpha value is -3.51. The van der Waals surface area contributed by atoms with Crippen molar-refractivity contribution in [3.63, 3.8) is 0 Å². The summed E-state index contributed by atoms with van der Waals surface area (Å²) in [6.07, 6.45) is 17.0. The van der Waals surface area contributed by atoms with Gasteiger partial charge in [0.05, 0.1) is 32.7 Å². The number of likely N-dealkylation sites (tertiary alicyclic amines) is 1. The van der Waals surface area contributed by atoms with E-state index in [0.29, 0.717) is 32.4 Å². The number of rotatable bonds is 12. The molecule has 2 aliphatic carbocycles. The molecule has 1 N–H and O–H groups in total. The van der Waals surface area contributed by atoms with E-state index in [0.717, 1.165) is 52.2 Å². The minimum Gasteiger partial charge on any atom is -0.748 e. The molecule has 1 saturated heterocycles. The quantitative estimate of drug-likeness (QED) is 0.147. The summed E-state index contributed by atoms with van der Waals surface area (Å²) in [5.41, 5.74) is 7.52. The number of quaternary nitrogens is 1. The van der Waals surface area contributed by atoms with Gasteiger partial charge in [-0.15, -0.1) is 0 Å². The second kappa shape index (κ2) is 15.7. The van der Waals surface area contributed by atoms with E-state index in [2.05, 4.69) is 124 Å². The Morgan fingerprint density at radius 2 is 1.59 bits per heavy atom. The maximum Gasteiger partial charge on any atom is 0.115 e. The zero-order valence-electron chi connectivity index (χ0n) is 32.6. The van der Waals surface area contributed by atoms with E-state index in [1.165, 1.54) is 27.0 Å². The zero-order chi connectivity index (χ0) is 40.0. The highest BCUT2D eigenvalue weighted by atomic mass is 35.5. The fourth-order valence-electron chi connectivity index (χ4n) is 10.1. The smallest absolute Gasteiger partial charge is 0.115 e. The molecule has 3 aromatic carbocycles. The van der Waals surface area contributed by atoms with E-state index in [1.807, 2.05) is 6.07 Å². The number of fused-ring (bicyclic) bond motifs is 6. The fourth-order valence-corrected chi connectivity index (χ4v) is 11.5. The van der Waals surface area contributed by atoms with E-state index in [1.54, 1.807) is 0 Å². The van der Waals surface area contributed by atoms with Crippen LogP contribution in [0.2, 0.25) is 0 Å². The molecule has 0 bridgehead atoms. The predicted octanol–water partition coefficient (Wildman–Crippen LogP) is 7.71. The molecule has 0 spiro atoms. The molecule has 0 saturated carbocycles. The molecule has 0 aromatic heterocycles. The van der Waals surface area contributed by atoms with Gasteiger partial charge >= 0.3 is 0 Å². The van der Waals surface area contributed by atoms with E-state index in [-0.39, 0.29) is 40.3 Å². The summed E-state index contributed by atoms with van der Waals surface area (Å²) in [4.78, 5) is 3.54. The SMILES string of the molecule is CC1(C)/C(=C\C=C2/CCCC(/C=C/C3[NH+](CCCS(=O)(=O)[O-])C4C=Cc5ccccc5C4C3(C)C)=C2Cl)N(CCCCS(=O)(=O)[O-])c2ccc3ccccc3c21. The van der Waals surface area contributed by atoms with Gasteiger partial charge in [-0.1, -0.05) is 112 Å². The Labute approximate surface area is 337 Å². The van der Waals surface area contributed by atoms with Crippen LogP contribution < -0.4 is 9.80 Å². The van der Waals surface area contributed by atoms with E-state index >= 15 is 0 Å². The van der Waals surface area contributed by atoms with Gasteiger partial charge in [0.2, 0.25) is 0 Å². The molecule has 8 nitrogen and oxygen atoms in total. The molecule has 0 radical (unpaired) electrons. The topological polar surface area (TPSA) is 122 Å². The van der Waals surface area contributed by atoms with Crippen LogP contribution in [0.3, 0.4) is 0 Å². The second-order valence-corrected chi connectivity index (χ2v) is 20.4. The molecule has 0 amide bonds. The Balaban J connectivity index is 1.21. The van der Waals surface area contributed by atoms with Crippen molar-refractivity contribution in [3.8, 4) is 0 Å². The number of hydrogen-bond donors (Lipinski definition) is 1. The van der Waals surface area contributed by atoms with Crippen LogP contribution in [0.4, 0.5) is 5.69 Å². The van der Waals surface area contributed by atoms with Crippen LogP contribution >= 0.6 is 11.6 Å². The Kier molecular flexibility index (Phi) is 11.4. The lowest BCUT2D eigenvalue weighted by Crippen LogP contribution is -3.17. The molecule has 7 rings (SSSR count). The van der Waals surface area contributed by atoms with Crippen molar-refractivity contribution < 1.29 is 30.8 Å². The van der Waals surface area contributed by atoms with Crippen LogP contribution in [0.1, 0.15) is 88.8 Å². The molecule has 56 heavy (non-hydrogen) atoms. The maximum atomic E-state index is 11.6. The van der Waals surface area contributed by atoms with Gasteiger partial charge in [-0.25, -0.2) is 16.8 Å². The minimum atomic E-state index is -4.31. The minimum absolute atomic E-state index is 0.0499. The first kappa shape index (κ1) is 40.7. The van der Waals surface area contributed by atoms with Crippen molar-refractivity contribution in [1.29, 1.82) is 0 Å². The normalized spacial score (nSPS) is 25.7. The van der Waals surface area contributed by atoms with Crippen LogP contribution in [0, 0.1) is 5.41 Å². The average Bonchev–Trinajstić information content (AvgIpc) is 3.49. The molecular formula is C45H52ClN2O6S2-. The summed E-state index contributed by atoms with van der Waals surface area (Å²) >= 11 is 7.28. The number of halogens is 1. The van der Waals surface area contributed by atoms with Crippen molar-refractivity contribution >= 4 is 54.4 Å². The fraction of sp³-hybridized carbons (Fsp3) is 0.422. The van der Waals surface area contributed by atoms with E-state index < -0.39 is 20.2 Å². The molecule has 4 atom stereocenters. The van der Waals surface area contributed by atoms with Gasteiger partial charge < -0.3 is 18.9 Å². The standard InChI is InChI=1S/C45H53ClN2O6S2/c1-44(2)39(47(27-9-10-29-55(49,50)51)37-23-19-31-13-5-7-17-35(31)41(37)44)25-21-33-15-11-16-34(43(33)46)22-26-40-45(3,4)42-36-18-8-6-14-32(36)20-24-38(42)48(40)28-12-30-56(52,53)54/h5-8,13-14,17-26,38,40,42H,9-12,15-16,27-30H2,1-4H3,(H,49,50,51)(H,52,53,54)/p-1/b26-22+,33-21+,39-25+. The van der Waals surface area contributed by atoms with Gasteiger partial charge in [0.15, 0.2) is 0 Å². The number of nitrogens with one attached hydrogen (secondary N) is 1. The zero-order valence-corrected chi connectivity index (χ0v) is 35.0. The molecule has 298 valence electrons. The van der Waals surface area contributed by atoms with E-state index in [4.69, 9.17) is 11.6 Å². The Bertz CT molecular complexity index is 2390. The molecule has 3 aromatic rings. The van der Waals surface area contributed by atoms with Gasteiger partial charge in [-0.05, 0) is 95.0 Å². The summed E-state index contributed by atoms with van der Waals surface area (Å²) in [6.45, 7) is 10.2. The summed E-state index contributed by atoms with van der Waals surface area (Å²) in [6, 6.07) is 21.3. The first-order valence-corrected chi connectivity index (χ1v) is 23.3. The number of allylic oxidation sites excluding steroid dienone is 7. The summed E-state index contributed by atoms with van der Waals surface area (Å²) < 4.78 is 68.9. The third-order valence-electron chi connectivity index (χ3n) is 12.6. The molecule has 1 fully saturated rings. The summed E-state index contributed by atoms with van der Waals surface area (Å²) in [5.74, 6) is -0.526. The Morgan fingerprint density at radius 3 is 2.36 bits per heavy atom. The monoisotopic (exact) mass is 815 g/mol. The van der Waals surface area contributed by atoms with Crippen LogP contribution in [0.5, 0.6) is 0 Å². The maximum absolute atomic E-state index is 11.6. The van der Waals surface area contributed by atoms with Crippen LogP contribution in [-0.4, -0.2) is 62.6 Å². The lowest BCUT2D eigenvalue weighted by Gasteiger charge is -2.31. The highest BCUT2D eigenvalue weighted by Gasteiger charge is 2.57. The highest BCUT2D eigenvalue weighted by molar-refractivity contribution is 7.85. The third kappa shape index (κ3) is 8.11. The first-order valence-electron chi connectivity index (χ1n) is 19.8. The molecule has 2 aliphatic heterocycles. The number of hydrogen-bond acceptors (Lipinski definition) is 7. The number of anilines is 1. The third-order valence-corrected chi connectivity index (χ3v) is 14.7. The molecule has 4 aliphatic rings. The number of nitrogens with zero attached hydrogens (tertiary/aromatic N) is 1. The number of benzene rings is 3. The van der Waals surface area contributed by atoms with Crippen molar-refractivity contribution in [2.24, 2.45) is 5.41 Å². The van der Waals surface area contributed by atoms with Crippen LogP contribution in [0.25, 0.3) is 16.8 Å². The Morgan fingerprint density at radius 1 is 0.875 bits per heavy atom. The van der Waals surface area contributed by atoms with Crippen molar-refractivity contribution in [1.82, 2.24) is 0 Å². The lowest BCUT2D eigenvalue weighted by molar-refractivity contribution is -0.926. The molecular weight excluding hydrogens is 764 g/mol. The van der Waals surface area contributed by atoms with Crippen LogP contribution in [-0.2, 0) is 25.7 Å². The average molecular weight is 817 g/mol. The summed E-state index contributed by atoms with van der Waals surface area (Å²) in [5, 5.41) is 3.08. The van der Waals surface area contributed by atoms with Crippen molar-refractivity contribution in [2.75, 3.05) is 29.5 Å². The van der Waals surface area contributed by atoms with Gasteiger partial charge in [0.25, 0.3) is 0 Å². The van der Waals surface area contributed by atoms with Gasteiger partial charge in [0.1, 0.15) is 12.1 Å². The van der Waals surface area contributed by atoms with Crippen molar-refractivity contribution in [3.05, 3.63) is 130 Å². The largest absolute Gasteiger partial charge is 0.748 e. The molecule has 11 heteroatoms. The number of unbranched alkanes of at least 4 members (excludes halogenated alkanes) is 1. The van der Waals surface area contributed by atoms with Crippen molar-refractivity contribution in [2.45, 2.75) is 89.6 Å². The first-order chi connectivity index (χ1) is 26.5. The lowest BCUT2D eigenvalue weighted by atomic mass is 9.68. The second-order valence-electron chi connectivity index (χ2n) is 17.0. The molecule has 2 heterocycles. The van der Waals surface area contributed by atoms with E-state index in [9.17, 15) is 25.9 Å². The van der Waals surface area contributed by atoms with Gasteiger partial charge in [-0.2, -0.15) is 0 Å². The molecule has 4 unspecified atom stereocenters. The predicted molar refractivity (Wildman–Crippen MR) is 225 cm³/mol. The van der Waals surface area contributed by atoms with Gasteiger partial charge in [0, 0.05) is 51.7 Å². The summed E-state index contributed by atoms with van der Waals surface area (Å²) in [7, 11) is -8.60. The van der Waals surface area contributed by atoms with Gasteiger partial charge in [-0.3, -0.25) is 0 Å².